The van der Waals surface area contributed by atoms with Crippen LogP contribution in [0.5, 0.6) is 5.75 Å². The molecular weight excluding hydrogens is 344 g/mol. The standard InChI is InChI=1S/C20H22N4O3/c21-13-15(20(26)22-7-8-24-9-11-27-12-10-24)14-23-18-5-1-4-17-16(18)3-2-6-19(17)25/h1-6,14,23,25H,7-12H2,(H,22,26)/b15-14-. The highest BCUT2D eigenvalue weighted by Crippen LogP contribution is 2.29. The molecule has 1 aliphatic heterocycles. The van der Waals surface area contributed by atoms with Crippen molar-refractivity contribution >= 4 is 22.4 Å². The lowest BCUT2D eigenvalue weighted by Crippen LogP contribution is -2.41. The van der Waals surface area contributed by atoms with Gasteiger partial charge in [-0.15, -0.1) is 0 Å². The minimum atomic E-state index is -0.415. The first kappa shape index (κ1) is 18.7. The van der Waals surface area contributed by atoms with E-state index in [1.54, 1.807) is 18.2 Å². The molecule has 0 aliphatic carbocycles. The average Bonchev–Trinajstić information content (AvgIpc) is 2.70. The van der Waals surface area contributed by atoms with Crippen LogP contribution >= 0.6 is 0 Å². The fraction of sp³-hybridized carbons (Fsp3) is 0.300. The number of carbonyl (C=O) groups excluding carboxylic acids is 1. The molecule has 1 fully saturated rings. The topological polar surface area (TPSA) is 97.6 Å². The molecule has 3 rings (SSSR count). The van der Waals surface area contributed by atoms with Gasteiger partial charge in [-0.05, 0) is 12.1 Å². The predicted molar refractivity (Wildman–Crippen MR) is 103 cm³/mol. The molecule has 0 aromatic heterocycles. The molecule has 2 aromatic carbocycles. The van der Waals surface area contributed by atoms with Gasteiger partial charge in [0.2, 0.25) is 0 Å². The zero-order chi connectivity index (χ0) is 19.1. The summed E-state index contributed by atoms with van der Waals surface area (Å²) in [5.41, 5.74) is 0.700. The van der Waals surface area contributed by atoms with Gasteiger partial charge < -0.3 is 20.5 Å². The Kier molecular flexibility index (Phi) is 6.26. The molecule has 0 atom stereocenters. The number of ether oxygens (including phenoxy) is 1. The SMILES string of the molecule is N#C/C(=C/Nc1cccc2c(O)cccc12)C(=O)NCCN1CCOCC1. The van der Waals surface area contributed by atoms with E-state index in [1.165, 1.54) is 6.20 Å². The quantitative estimate of drug-likeness (QED) is 0.533. The van der Waals surface area contributed by atoms with Crippen LogP contribution in [0.2, 0.25) is 0 Å². The highest BCUT2D eigenvalue weighted by Gasteiger charge is 2.12. The van der Waals surface area contributed by atoms with Crippen LogP contribution in [0.1, 0.15) is 0 Å². The summed E-state index contributed by atoms with van der Waals surface area (Å²) in [5.74, 6) is -0.233. The van der Waals surface area contributed by atoms with Crippen LogP contribution in [-0.4, -0.2) is 55.3 Å². The van der Waals surface area contributed by atoms with E-state index in [1.807, 2.05) is 24.3 Å². The van der Waals surface area contributed by atoms with Crippen molar-refractivity contribution in [2.75, 3.05) is 44.7 Å². The number of fused-ring (bicyclic) bond motifs is 1. The number of nitrogens with one attached hydrogen (secondary N) is 2. The molecule has 1 amide bonds. The summed E-state index contributed by atoms with van der Waals surface area (Å²) < 4.78 is 5.29. The molecule has 0 unspecified atom stereocenters. The third kappa shape index (κ3) is 4.76. The molecule has 2 aromatic rings. The number of amides is 1. The van der Waals surface area contributed by atoms with Gasteiger partial charge >= 0.3 is 0 Å². The van der Waals surface area contributed by atoms with Crippen molar-refractivity contribution in [1.29, 1.82) is 5.26 Å². The maximum absolute atomic E-state index is 12.2. The zero-order valence-corrected chi connectivity index (χ0v) is 14.9. The van der Waals surface area contributed by atoms with Crippen molar-refractivity contribution in [3.63, 3.8) is 0 Å². The molecule has 0 bridgehead atoms. The van der Waals surface area contributed by atoms with E-state index in [2.05, 4.69) is 15.5 Å². The summed E-state index contributed by atoms with van der Waals surface area (Å²) in [6, 6.07) is 12.6. The molecule has 0 saturated carbocycles. The van der Waals surface area contributed by atoms with E-state index in [4.69, 9.17) is 4.74 Å². The summed E-state index contributed by atoms with van der Waals surface area (Å²) in [4.78, 5) is 14.4. The molecule has 27 heavy (non-hydrogen) atoms. The lowest BCUT2D eigenvalue weighted by Gasteiger charge is -2.26. The van der Waals surface area contributed by atoms with E-state index in [0.29, 0.717) is 30.8 Å². The number of phenols is 1. The summed E-state index contributed by atoms with van der Waals surface area (Å²) in [7, 11) is 0. The van der Waals surface area contributed by atoms with Gasteiger partial charge in [0.05, 0.1) is 13.2 Å². The summed E-state index contributed by atoms with van der Waals surface area (Å²) in [6.07, 6.45) is 1.39. The first-order valence-electron chi connectivity index (χ1n) is 8.85. The van der Waals surface area contributed by atoms with Crippen molar-refractivity contribution in [3.05, 3.63) is 48.2 Å². The highest BCUT2D eigenvalue weighted by molar-refractivity contribution is 6.00. The van der Waals surface area contributed by atoms with E-state index in [0.717, 1.165) is 25.0 Å². The smallest absolute Gasteiger partial charge is 0.263 e. The van der Waals surface area contributed by atoms with E-state index < -0.39 is 5.91 Å². The number of hydrogen-bond acceptors (Lipinski definition) is 6. The van der Waals surface area contributed by atoms with E-state index in [-0.39, 0.29) is 11.3 Å². The summed E-state index contributed by atoms with van der Waals surface area (Å²) >= 11 is 0. The molecule has 0 radical (unpaired) electrons. The monoisotopic (exact) mass is 366 g/mol. The van der Waals surface area contributed by atoms with Crippen molar-refractivity contribution in [2.45, 2.75) is 0 Å². The summed E-state index contributed by atoms with van der Waals surface area (Å²) in [5, 5.41) is 26.5. The molecule has 7 heteroatoms. The second kappa shape index (κ2) is 9.03. The molecule has 1 saturated heterocycles. The van der Waals surface area contributed by atoms with Gasteiger partial charge in [0.25, 0.3) is 5.91 Å². The fourth-order valence-corrected chi connectivity index (χ4v) is 2.97. The zero-order valence-electron chi connectivity index (χ0n) is 14.9. The number of rotatable bonds is 6. The van der Waals surface area contributed by atoms with Gasteiger partial charge in [0.15, 0.2) is 0 Å². The Balaban J connectivity index is 1.62. The maximum atomic E-state index is 12.2. The number of phenolic OH excluding ortho intramolecular Hbond substituents is 1. The maximum Gasteiger partial charge on any atom is 0.263 e. The minimum absolute atomic E-state index is 0.00543. The van der Waals surface area contributed by atoms with Crippen LogP contribution in [0.15, 0.2) is 48.2 Å². The highest BCUT2D eigenvalue weighted by atomic mass is 16.5. The number of nitriles is 1. The van der Waals surface area contributed by atoms with Crippen LogP contribution in [-0.2, 0) is 9.53 Å². The second-order valence-electron chi connectivity index (χ2n) is 6.20. The normalized spacial score (nSPS) is 15.3. The number of anilines is 1. The number of morpholine rings is 1. The number of carbonyl (C=O) groups is 1. The molecular formula is C20H22N4O3. The number of aromatic hydroxyl groups is 1. The largest absolute Gasteiger partial charge is 0.507 e. The second-order valence-corrected chi connectivity index (χ2v) is 6.20. The Morgan fingerprint density at radius 3 is 2.74 bits per heavy atom. The van der Waals surface area contributed by atoms with Crippen molar-refractivity contribution in [2.24, 2.45) is 0 Å². The van der Waals surface area contributed by atoms with Crippen LogP contribution in [0.3, 0.4) is 0 Å². The van der Waals surface area contributed by atoms with E-state index >= 15 is 0 Å². The molecule has 0 spiro atoms. The Hall–Kier alpha value is -3.08. The van der Waals surface area contributed by atoms with Gasteiger partial charge in [-0.25, -0.2) is 0 Å². The molecule has 140 valence electrons. The third-order valence-electron chi connectivity index (χ3n) is 4.45. The van der Waals surface area contributed by atoms with Crippen LogP contribution in [0.25, 0.3) is 10.8 Å². The number of hydrogen-bond donors (Lipinski definition) is 3. The van der Waals surface area contributed by atoms with Gasteiger partial charge in [-0.3, -0.25) is 9.69 Å². The Bertz CT molecular complexity index is 882. The third-order valence-corrected chi connectivity index (χ3v) is 4.45. The molecule has 1 heterocycles. The molecule has 1 aliphatic rings. The van der Waals surface area contributed by atoms with Gasteiger partial charge in [-0.1, -0.05) is 24.3 Å². The van der Waals surface area contributed by atoms with Crippen molar-refractivity contribution in [1.82, 2.24) is 10.2 Å². The molecule has 3 N–H and O–H groups in total. The van der Waals surface area contributed by atoms with Crippen LogP contribution in [0.4, 0.5) is 5.69 Å². The minimum Gasteiger partial charge on any atom is -0.507 e. The van der Waals surface area contributed by atoms with Crippen molar-refractivity contribution < 1.29 is 14.6 Å². The van der Waals surface area contributed by atoms with Gasteiger partial charge in [0, 0.05) is 48.8 Å². The first-order valence-corrected chi connectivity index (χ1v) is 8.85. The lowest BCUT2D eigenvalue weighted by atomic mass is 10.1. The first-order chi connectivity index (χ1) is 13.2. The Morgan fingerprint density at radius 1 is 1.22 bits per heavy atom. The van der Waals surface area contributed by atoms with E-state index in [9.17, 15) is 15.2 Å². The van der Waals surface area contributed by atoms with Crippen LogP contribution < -0.4 is 10.6 Å². The summed E-state index contributed by atoms with van der Waals surface area (Å²) in [6.45, 7) is 4.33. The fourth-order valence-electron chi connectivity index (χ4n) is 2.97. The van der Waals surface area contributed by atoms with Crippen LogP contribution in [0, 0.1) is 11.3 Å². The number of benzene rings is 2. The molecule has 7 nitrogen and oxygen atoms in total. The van der Waals surface area contributed by atoms with Gasteiger partial charge in [0.1, 0.15) is 17.4 Å². The number of nitrogens with zero attached hydrogens (tertiary/aromatic N) is 2. The average molecular weight is 366 g/mol. The van der Waals surface area contributed by atoms with Gasteiger partial charge in [-0.2, -0.15) is 5.26 Å². The Labute approximate surface area is 157 Å². The Morgan fingerprint density at radius 2 is 1.96 bits per heavy atom. The predicted octanol–water partition coefficient (Wildman–Crippen LogP) is 1.81. The van der Waals surface area contributed by atoms with Crippen molar-refractivity contribution in [3.8, 4) is 11.8 Å². The lowest BCUT2D eigenvalue weighted by molar-refractivity contribution is -0.117.